The average molecular weight is 287 g/mol. The van der Waals surface area contributed by atoms with Crippen LogP contribution in [-0.2, 0) is 4.79 Å². The fourth-order valence-electron chi connectivity index (χ4n) is 1.32. The first kappa shape index (κ1) is 15.3. The van der Waals surface area contributed by atoms with Gasteiger partial charge in [-0.05, 0) is 14.1 Å². The molecule has 0 aromatic carbocycles. The number of halogens is 1. The van der Waals surface area contributed by atoms with Crippen LogP contribution >= 0.6 is 11.6 Å². The number of hydrogen-bond donors (Lipinski definition) is 1. The molecule has 1 aromatic rings. The van der Waals surface area contributed by atoms with E-state index in [1.54, 1.807) is 0 Å². The van der Waals surface area contributed by atoms with Crippen molar-refractivity contribution in [3.05, 3.63) is 23.2 Å². The lowest BCUT2D eigenvalue weighted by molar-refractivity contribution is -0.137. The SMILES string of the molecule is CN(C)CCN(CC(=O)O)C(=O)c1cnc(Cl)cn1. The molecule has 1 aromatic heterocycles. The normalized spacial score (nSPS) is 10.5. The predicted octanol–water partition coefficient (Wildman–Crippen LogP) is 0.218. The minimum absolute atomic E-state index is 0.0735. The molecule has 0 fully saturated rings. The van der Waals surface area contributed by atoms with Crippen molar-refractivity contribution < 1.29 is 14.7 Å². The van der Waals surface area contributed by atoms with E-state index in [1.165, 1.54) is 17.3 Å². The zero-order chi connectivity index (χ0) is 14.4. The van der Waals surface area contributed by atoms with Crippen LogP contribution in [0.1, 0.15) is 10.5 Å². The van der Waals surface area contributed by atoms with Crippen LogP contribution in [0.2, 0.25) is 5.15 Å². The van der Waals surface area contributed by atoms with Gasteiger partial charge in [0.15, 0.2) is 0 Å². The number of carbonyl (C=O) groups excluding carboxylic acids is 1. The molecule has 0 unspecified atom stereocenters. The van der Waals surface area contributed by atoms with Crippen LogP contribution in [-0.4, -0.2) is 70.5 Å². The highest BCUT2D eigenvalue weighted by atomic mass is 35.5. The van der Waals surface area contributed by atoms with Gasteiger partial charge in [0.1, 0.15) is 17.4 Å². The minimum Gasteiger partial charge on any atom is -0.480 e. The van der Waals surface area contributed by atoms with Gasteiger partial charge >= 0.3 is 5.97 Å². The highest BCUT2D eigenvalue weighted by Crippen LogP contribution is 2.05. The third-order valence-corrected chi connectivity index (χ3v) is 2.47. The fourth-order valence-corrected chi connectivity index (χ4v) is 1.42. The van der Waals surface area contributed by atoms with Crippen molar-refractivity contribution in [1.29, 1.82) is 0 Å². The molecule has 0 aliphatic heterocycles. The van der Waals surface area contributed by atoms with Crippen molar-refractivity contribution in [3.63, 3.8) is 0 Å². The maximum atomic E-state index is 12.1. The van der Waals surface area contributed by atoms with Crippen LogP contribution in [0.4, 0.5) is 0 Å². The molecule has 19 heavy (non-hydrogen) atoms. The van der Waals surface area contributed by atoms with Gasteiger partial charge in [-0.1, -0.05) is 11.6 Å². The van der Waals surface area contributed by atoms with Crippen LogP contribution in [0.15, 0.2) is 12.4 Å². The smallest absolute Gasteiger partial charge is 0.323 e. The minimum atomic E-state index is -1.07. The first-order chi connectivity index (χ1) is 8.90. The topological polar surface area (TPSA) is 86.6 Å². The molecular formula is C11H15ClN4O3. The standard InChI is InChI=1S/C11H15ClN4O3/c1-15(2)3-4-16(7-10(17)18)11(19)8-5-14-9(12)6-13-8/h5-6H,3-4,7H2,1-2H3,(H,17,18). The van der Waals surface area contributed by atoms with Crippen LogP contribution in [0.5, 0.6) is 0 Å². The average Bonchev–Trinajstić information content (AvgIpc) is 2.34. The van der Waals surface area contributed by atoms with E-state index in [0.717, 1.165) is 0 Å². The summed E-state index contributed by atoms with van der Waals surface area (Å²) in [6.45, 7) is 0.472. The number of aromatic nitrogens is 2. The molecule has 1 amide bonds. The number of nitrogens with zero attached hydrogens (tertiary/aromatic N) is 4. The van der Waals surface area contributed by atoms with Gasteiger partial charge in [-0.3, -0.25) is 9.59 Å². The number of likely N-dealkylation sites (N-methyl/N-ethyl adjacent to an activating group) is 1. The summed E-state index contributed by atoms with van der Waals surface area (Å²) in [6, 6.07) is 0. The molecule has 104 valence electrons. The summed E-state index contributed by atoms with van der Waals surface area (Å²) in [4.78, 5) is 33.5. The van der Waals surface area contributed by atoms with Crippen LogP contribution < -0.4 is 0 Å². The van der Waals surface area contributed by atoms with Gasteiger partial charge in [0, 0.05) is 13.1 Å². The highest BCUT2D eigenvalue weighted by Gasteiger charge is 2.19. The lowest BCUT2D eigenvalue weighted by Crippen LogP contribution is -2.40. The highest BCUT2D eigenvalue weighted by molar-refractivity contribution is 6.29. The zero-order valence-electron chi connectivity index (χ0n) is 10.7. The number of aliphatic carboxylic acids is 1. The van der Waals surface area contributed by atoms with E-state index in [1.807, 2.05) is 19.0 Å². The predicted molar refractivity (Wildman–Crippen MR) is 69.1 cm³/mol. The van der Waals surface area contributed by atoms with E-state index < -0.39 is 11.9 Å². The molecular weight excluding hydrogens is 272 g/mol. The van der Waals surface area contributed by atoms with Gasteiger partial charge in [-0.15, -0.1) is 0 Å². The van der Waals surface area contributed by atoms with Crippen molar-refractivity contribution >= 4 is 23.5 Å². The number of rotatable bonds is 6. The largest absolute Gasteiger partial charge is 0.480 e. The lowest BCUT2D eigenvalue weighted by atomic mass is 10.3. The Morgan fingerprint density at radius 3 is 2.42 bits per heavy atom. The van der Waals surface area contributed by atoms with E-state index in [4.69, 9.17) is 16.7 Å². The number of carboxylic acid groups (broad SMARTS) is 1. The third-order valence-electron chi connectivity index (χ3n) is 2.27. The fraction of sp³-hybridized carbons (Fsp3) is 0.455. The maximum absolute atomic E-state index is 12.1. The molecule has 1 N–H and O–H groups in total. The second-order valence-corrected chi connectivity index (χ2v) is 4.54. The van der Waals surface area contributed by atoms with Crippen LogP contribution in [0.3, 0.4) is 0 Å². The Hall–Kier alpha value is -1.73. The van der Waals surface area contributed by atoms with Crippen molar-refractivity contribution in [2.75, 3.05) is 33.7 Å². The summed E-state index contributed by atoms with van der Waals surface area (Å²) >= 11 is 5.58. The molecule has 0 radical (unpaired) electrons. The molecule has 0 saturated heterocycles. The quantitative estimate of drug-likeness (QED) is 0.805. The van der Waals surface area contributed by atoms with Crippen LogP contribution in [0.25, 0.3) is 0 Å². The summed E-state index contributed by atoms with van der Waals surface area (Å²) in [7, 11) is 3.68. The molecule has 7 nitrogen and oxygen atoms in total. The summed E-state index contributed by atoms with van der Waals surface area (Å²) in [5.41, 5.74) is 0.0735. The van der Waals surface area contributed by atoms with E-state index in [9.17, 15) is 9.59 Å². The molecule has 0 bridgehead atoms. The number of carbonyl (C=O) groups is 2. The Labute approximate surface area is 115 Å². The van der Waals surface area contributed by atoms with Gasteiger partial charge in [0.25, 0.3) is 5.91 Å². The van der Waals surface area contributed by atoms with E-state index in [2.05, 4.69) is 9.97 Å². The molecule has 1 heterocycles. The Kier molecular flexibility index (Phi) is 5.65. The van der Waals surface area contributed by atoms with Crippen molar-refractivity contribution in [1.82, 2.24) is 19.8 Å². The molecule has 8 heteroatoms. The Morgan fingerprint density at radius 1 is 1.26 bits per heavy atom. The summed E-state index contributed by atoms with van der Waals surface area (Å²) in [6.07, 6.45) is 2.48. The number of hydrogen-bond acceptors (Lipinski definition) is 5. The van der Waals surface area contributed by atoms with E-state index in [0.29, 0.717) is 13.1 Å². The van der Waals surface area contributed by atoms with Crippen molar-refractivity contribution in [3.8, 4) is 0 Å². The molecule has 0 atom stereocenters. The van der Waals surface area contributed by atoms with Gasteiger partial charge in [0.05, 0.1) is 12.4 Å². The summed E-state index contributed by atoms with van der Waals surface area (Å²) in [5.74, 6) is -1.55. The molecule has 1 rings (SSSR count). The Bertz CT molecular complexity index is 450. The third kappa shape index (κ3) is 5.19. The van der Waals surface area contributed by atoms with Crippen molar-refractivity contribution in [2.45, 2.75) is 0 Å². The number of amides is 1. The second-order valence-electron chi connectivity index (χ2n) is 4.15. The molecule has 0 spiro atoms. The first-order valence-electron chi connectivity index (χ1n) is 5.53. The maximum Gasteiger partial charge on any atom is 0.323 e. The molecule has 0 saturated carbocycles. The van der Waals surface area contributed by atoms with Gasteiger partial charge in [-0.2, -0.15) is 0 Å². The number of carboxylic acids is 1. The van der Waals surface area contributed by atoms with Crippen molar-refractivity contribution in [2.24, 2.45) is 0 Å². The first-order valence-corrected chi connectivity index (χ1v) is 5.91. The summed E-state index contributed by atoms with van der Waals surface area (Å²) < 4.78 is 0. The summed E-state index contributed by atoms with van der Waals surface area (Å²) in [5, 5.41) is 9.00. The van der Waals surface area contributed by atoms with E-state index >= 15 is 0 Å². The lowest BCUT2D eigenvalue weighted by Gasteiger charge is -2.22. The van der Waals surface area contributed by atoms with Crippen LogP contribution in [0, 0.1) is 0 Å². The Balaban J connectivity index is 2.80. The second kappa shape index (κ2) is 7.01. The van der Waals surface area contributed by atoms with Gasteiger partial charge in [-0.25, -0.2) is 9.97 Å². The monoisotopic (exact) mass is 286 g/mol. The van der Waals surface area contributed by atoms with Gasteiger partial charge in [0.2, 0.25) is 0 Å². The van der Waals surface area contributed by atoms with Gasteiger partial charge < -0.3 is 14.9 Å². The molecule has 0 aliphatic carbocycles. The van der Waals surface area contributed by atoms with E-state index in [-0.39, 0.29) is 17.4 Å². The Morgan fingerprint density at radius 2 is 1.95 bits per heavy atom. The molecule has 0 aliphatic rings. The zero-order valence-corrected chi connectivity index (χ0v) is 11.5.